The standard InChI is InChI=1S/C14H17NOS/c16-14(10-3-5-12(17)6-4-10)15-13-8-9-1-2-11(13)7-9/h3-6,9,11,13,17H,1-2,7-8H2,(H,15,16). The Morgan fingerprint density at radius 2 is 1.94 bits per heavy atom. The van der Waals surface area contributed by atoms with Crippen molar-refractivity contribution in [3.63, 3.8) is 0 Å². The molecule has 0 spiro atoms. The van der Waals surface area contributed by atoms with Crippen LogP contribution in [0.4, 0.5) is 0 Å². The van der Waals surface area contributed by atoms with Crippen LogP contribution in [0.5, 0.6) is 0 Å². The smallest absolute Gasteiger partial charge is 0.251 e. The van der Waals surface area contributed by atoms with E-state index in [1.165, 1.54) is 25.7 Å². The molecule has 0 aliphatic heterocycles. The second-order valence-corrected chi connectivity index (χ2v) is 5.82. The van der Waals surface area contributed by atoms with Crippen molar-refractivity contribution in [2.45, 2.75) is 36.6 Å². The summed E-state index contributed by atoms with van der Waals surface area (Å²) in [5.74, 6) is 1.66. The number of benzene rings is 1. The first-order valence-corrected chi connectivity index (χ1v) is 6.77. The van der Waals surface area contributed by atoms with E-state index in [0.717, 1.165) is 22.3 Å². The number of carbonyl (C=O) groups excluding carboxylic acids is 1. The van der Waals surface area contributed by atoms with Crippen molar-refractivity contribution in [1.82, 2.24) is 5.32 Å². The van der Waals surface area contributed by atoms with Crippen LogP contribution in [0.25, 0.3) is 0 Å². The van der Waals surface area contributed by atoms with Gasteiger partial charge in [-0.15, -0.1) is 12.6 Å². The van der Waals surface area contributed by atoms with Crippen molar-refractivity contribution in [3.8, 4) is 0 Å². The monoisotopic (exact) mass is 247 g/mol. The van der Waals surface area contributed by atoms with Crippen LogP contribution < -0.4 is 5.32 Å². The molecule has 0 saturated heterocycles. The third kappa shape index (κ3) is 2.21. The summed E-state index contributed by atoms with van der Waals surface area (Å²) in [6, 6.07) is 7.81. The van der Waals surface area contributed by atoms with E-state index >= 15 is 0 Å². The summed E-state index contributed by atoms with van der Waals surface area (Å²) in [4.78, 5) is 12.9. The molecule has 3 unspecified atom stereocenters. The Hall–Kier alpha value is -0.960. The topological polar surface area (TPSA) is 29.1 Å². The molecule has 0 aromatic heterocycles. The lowest BCUT2D eigenvalue weighted by Crippen LogP contribution is -2.38. The van der Waals surface area contributed by atoms with Gasteiger partial charge in [-0.25, -0.2) is 0 Å². The summed E-state index contributed by atoms with van der Waals surface area (Å²) >= 11 is 4.22. The van der Waals surface area contributed by atoms with Crippen LogP contribution >= 0.6 is 12.6 Å². The van der Waals surface area contributed by atoms with Gasteiger partial charge >= 0.3 is 0 Å². The molecule has 0 heterocycles. The van der Waals surface area contributed by atoms with Gasteiger partial charge in [0, 0.05) is 16.5 Å². The third-order valence-corrected chi connectivity index (χ3v) is 4.48. The minimum atomic E-state index is 0.0656. The number of amides is 1. The molecule has 2 aliphatic carbocycles. The van der Waals surface area contributed by atoms with Gasteiger partial charge in [0.2, 0.25) is 0 Å². The number of hydrogen-bond acceptors (Lipinski definition) is 2. The number of rotatable bonds is 2. The number of hydrogen-bond donors (Lipinski definition) is 2. The van der Waals surface area contributed by atoms with E-state index in [9.17, 15) is 4.79 Å². The lowest BCUT2D eigenvalue weighted by molar-refractivity contribution is 0.0923. The average molecular weight is 247 g/mol. The van der Waals surface area contributed by atoms with Crippen molar-refractivity contribution in [3.05, 3.63) is 29.8 Å². The molecule has 2 saturated carbocycles. The zero-order chi connectivity index (χ0) is 11.8. The first-order valence-electron chi connectivity index (χ1n) is 6.32. The highest BCUT2D eigenvalue weighted by Gasteiger charge is 2.40. The molecule has 1 aromatic carbocycles. The zero-order valence-corrected chi connectivity index (χ0v) is 10.6. The number of nitrogens with one attached hydrogen (secondary N) is 1. The Balaban J connectivity index is 1.65. The number of thiol groups is 1. The SMILES string of the molecule is O=C(NC1CC2CCC1C2)c1ccc(S)cc1. The fourth-order valence-electron chi connectivity index (χ4n) is 3.29. The normalized spacial score (nSPS) is 30.5. The van der Waals surface area contributed by atoms with Crippen LogP contribution in [-0.4, -0.2) is 11.9 Å². The van der Waals surface area contributed by atoms with Gasteiger partial charge in [0.15, 0.2) is 0 Å². The maximum atomic E-state index is 12.1. The maximum absolute atomic E-state index is 12.1. The van der Waals surface area contributed by atoms with Crippen LogP contribution in [-0.2, 0) is 0 Å². The Morgan fingerprint density at radius 3 is 2.53 bits per heavy atom. The summed E-state index contributed by atoms with van der Waals surface area (Å²) < 4.78 is 0. The second-order valence-electron chi connectivity index (χ2n) is 5.30. The Bertz CT molecular complexity index is 428. The Morgan fingerprint density at radius 1 is 1.18 bits per heavy atom. The van der Waals surface area contributed by atoms with Crippen molar-refractivity contribution in [2.24, 2.45) is 11.8 Å². The number of fused-ring (bicyclic) bond motifs is 2. The largest absolute Gasteiger partial charge is 0.349 e. The molecule has 2 aliphatic rings. The molecule has 2 fully saturated rings. The Labute approximate surface area is 107 Å². The summed E-state index contributed by atoms with van der Waals surface area (Å²) in [6.45, 7) is 0. The first-order chi connectivity index (χ1) is 8.22. The Kier molecular flexibility index (Phi) is 2.87. The van der Waals surface area contributed by atoms with E-state index in [1.807, 2.05) is 24.3 Å². The first kappa shape index (κ1) is 11.1. The fraction of sp³-hybridized carbons (Fsp3) is 0.500. The van der Waals surface area contributed by atoms with Crippen LogP contribution in [0.3, 0.4) is 0 Å². The molecule has 3 atom stereocenters. The average Bonchev–Trinajstić information content (AvgIpc) is 2.91. The number of carbonyl (C=O) groups is 1. The van der Waals surface area contributed by atoms with Gasteiger partial charge in [-0.2, -0.15) is 0 Å². The molecule has 17 heavy (non-hydrogen) atoms. The van der Waals surface area contributed by atoms with Gasteiger partial charge in [0.05, 0.1) is 0 Å². The molecule has 90 valence electrons. The molecule has 1 aromatic rings. The molecule has 3 heteroatoms. The van der Waals surface area contributed by atoms with Crippen molar-refractivity contribution in [1.29, 1.82) is 0 Å². The molecular weight excluding hydrogens is 230 g/mol. The quantitative estimate of drug-likeness (QED) is 0.773. The van der Waals surface area contributed by atoms with Crippen molar-refractivity contribution in [2.75, 3.05) is 0 Å². The summed E-state index contributed by atoms with van der Waals surface area (Å²) in [7, 11) is 0. The fourth-order valence-corrected chi connectivity index (χ4v) is 3.44. The summed E-state index contributed by atoms with van der Waals surface area (Å²) in [5, 5.41) is 3.18. The highest BCUT2D eigenvalue weighted by molar-refractivity contribution is 7.80. The lowest BCUT2D eigenvalue weighted by Gasteiger charge is -2.22. The van der Waals surface area contributed by atoms with E-state index in [1.54, 1.807) is 0 Å². The van der Waals surface area contributed by atoms with Gasteiger partial charge in [-0.1, -0.05) is 6.42 Å². The van der Waals surface area contributed by atoms with E-state index < -0.39 is 0 Å². The van der Waals surface area contributed by atoms with Crippen molar-refractivity contribution >= 4 is 18.5 Å². The van der Waals surface area contributed by atoms with Crippen LogP contribution in [0.1, 0.15) is 36.0 Å². The summed E-state index contributed by atoms with van der Waals surface area (Å²) in [5.41, 5.74) is 0.741. The molecular formula is C14H17NOS. The molecule has 3 rings (SSSR count). The molecule has 1 N–H and O–H groups in total. The highest BCUT2D eigenvalue weighted by Crippen LogP contribution is 2.44. The highest BCUT2D eigenvalue weighted by atomic mass is 32.1. The molecule has 2 nitrogen and oxygen atoms in total. The predicted octanol–water partition coefficient (Wildman–Crippen LogP) is 2.89. The van der Waals surface area contributed by atoms with E-state index in [2.05, 4.69) is 17.9 Å². The maximum Gasteiger partial charge on any atom is 0.251 e. The minimum Gasteiger partial charge on any atom is -0.349 e. The van der Waals surface area contributed by atoms with Crippen LogP contribution in [0.2, 0.25) is 0 Å². The molecule has 1 amide bonds. The van der Waals surface area contributed by atoms with E-state index in [-0.39, 0.29) is 5.91 Å². The van der Waals surface area contributed by atoms with E-state index in [0.29, 0.717) is 6.04 Å². The van der Waals surface area contributed by atoms with Crippen LogP contribution in [0, 0.1) is 11.8 Å². The third-order valence-electron chi connectivity index (χ3n) is 4.18. The summed E-state index contributed by atoms with van der Waals surface area (Å²) in [6.07, 6.45) is 5.16. The van der Waals surface area contributed by atoms with Crippen molar-refractivity contribution < 1.29 is 4.79 Å². The van der Waals surface area contributed by atoms with Crippen LogP contribution in [0.15, 0.2) is 29.2 Å². The van der Waals surface area contributed by atoms with Gasteiger partial charge < -0.3 is 5.32 Å². The van der Waals surface area contributed by atoms with Gasteiger partial charge in [-0.3, -0.25) is 4.79 Å². The zero-order valence-electron chi connectivity index (χ0n) is 9.73. The minimum absolute atomic E-state index is 0.0656. The van der Waals surface area contributed by atoms with Gasteiger partial charge in [0.1, 0.15) is 0 Å². The predicted molar refractivity (Wildman–Crippen MR) is 70.4 cm³/mol. The molecule has 0 radical (unpaired) electrons. The lowest BCUT2D eigenvalue weighted by atomic mass is 9.95. The van der Waals surface area contributed by atoms with Gasteiger partial charge in [-0.05, 0) is 55.4 Å². The second kappa shape index (κ2) is 4.37. The van der Waals surface area contributed by atoms with Gasteiger partial charge in [0.25, 0.3) is 5.91 Å². The molecule has 2 bridgehead atoms. The van der Waals surface area contributed by atoms with E-state index in [4.69, 9.17) is 0 Å².